The molecule has 0 bridgehead atoms. The van der Waals surface area contributed by atoms with Crippen molar-refractivity contribution in [3.05, 3.63) is 0 Å². The highest BCUT2D eigenvalue weighted by Gasteiger charge is 2.30. The lowest BCUT2D eigenvalue weighted by molar-refractivity contribution is 0.119. The number of hydrogen-bond donors (Lipinski definition) is 0. The summed E-state index contributed by atoms with van der Waals surface area (Å²) in [6.07, 6.45) is 5.85. The lowest BCUT2D eigenvalue weighted by atomic mass is 9.67. The van der Waals surface area contributed by atoms with Crippen molar-refractivity contribution in [1.29, 1.82) is 0 Å². The molecule has 2 atom stereocenters. The Bertz CT molecular complexity index is 118. The summed E-state index contributed by atoms with van der Waals surface area (Å²) in [5.41, 5.74) is 0.542. The Morgan fingerprint density at radius 1 is 1.00 bits per heavy atom. The van der Waals surface area contributed by atoms with E-state index in [2.05, 4.69) is 27.7 Å². The van der Waals surface area contributed by atoms with E-state index in [1.165, 1.54) is 25.7 Å². The van der Waals surface area contributed by atoms with Crippen molar-refractivity contribution in [2.45, 2.75) is 53.4 Å². The molecule has 0 spiro atoms. The van der Waals surface area contributed by atoms with Gasteiger partial charge in [-0.15, -0.1) is 0 Å². The van der Waals surface area contributed by atoms with Crippen LogP contribution in [0.25, 0.3) is 0 Å². The van der Waals surface area contributed by atoms with Gasteiger partial charge in [0.05, 0.1) is 0 Å². The largest absolute Gasteiger partial charge is 0.0622 e. The Kier molecular flexibility index (Phi) is 2.61. The molecule has 1 aliphatic rings. The first kappa shape index (κ1) is 9.09. The van der Waals surface area contributed by atoms with E-state index in [1.807, 2.05) is 0 Å². The van der Waals surface area contributed by atoms with Crippen LogP contribution in [0, 0.1) is 17.3 Å². The molecule has 0 aromatic rings. The molecule has 0 saturated heterocycles. The second-order valence-corrected chi connectivity index (χ2v) is 5.23. The van der Waals surface area contributed by atoms with Crippen LogP contribution in [0.4, 0.5) is 0 Å². The van der Waals surface area contributed by atoms with E-state index in [-0.39, 0.29) is 0 Å². The third-order valence-corrected chi connectivity index (χ3v) is 3.22. The van der Waals surface area contributed by atoms with Crippen molar-refractivity contribution >= 4 is 0 Å². The summed E-state index contributed by atoms with van der Waals surface area (Å²) in [7, 11) is 0. The molecule has 0 amide bonds. The first-order chi connectivity index (χ1) is 5.02. The quantitative estimate of drug-likeness (QED) is 0.497. The first-order valence-electron chi connectivity index (χ1n) is 5.02. The van der Waals surface area contributed by atoms with Gasteiger partial charge in [0, 0.05) is 0 Å². The molecule has 66 valence electrons. The van der Waals surface area contributed by atoms with Gasteiger partial charge in [-0.3, -0.25) is 0 Å². The van der Waals surface area contributed by atoms with Gasteiger partial charge in [0.1, 0.15) is 0 Å². The Morgan fingerprint density at radius 2 is 1.55 bits per heavy atom. The SMILES string of the molecule is C[C@H]1CCCCC1C(C)(C)C. The summed E-state index contributed by atoms with van der Waals surface area (Å²) in [6, 6.07) is 0. The maximum absolute atomic E-state index is 2.43. The van der Waals surface area contributed by atoms with Crippen molar-refractivity contribution < 1.29 is 0 Å². The first-order valence-corrected chi connectivity index (χ1v) is 5.02. The molecule has 0 heteroatoms. The van der Waals surface area contributed by atoms with Crippen LogP contribution in [0.2, 0.25) is 0 Å². The Hall–Kier alpha value is 0. The molecule has 0 aliphatic heterocycles. The Morgan fingerprint density at radius 3 is 1.91 bits per heavy atom. The summed E-state index contributed by atoms with van der Waals surface area (Å²) >= 11 is 0. The monoisotopic (exact) mass is 154 g/mol. The highest BCUT2D eigenvalue weighted by molar-refractivity contribution is 4.81. The normalized spacial score (nSPS) is 33.8. The third kappa shape index (κ3) is 2.21. The average molecular weight is 154 g/mol. The zero-order valence-electron chi connectivity index (χ0n) is 8.48. The van der Waals surface area contributed by atoms with Crippen LogP contribution in [-0.2, 0) is 0 Å². The summed E-state index contributed by atoms with van der Waals surface area (Å²) in [6.45, 7) is 9.59. The molecular weight excluding hydrogens is 132 g/mol. The topological polar surface area (TPSA) is 0 Å². The van der Waals surface area contributed by atoms with Crippen LogP contribution >= 0.6 is 0 Å². The van der Waals surface area contributed by atoms with E-state index in [0.717, 1.165) is 11.8 Å². The predicted octanol–water partition coefficient (Wildman–Crippen LogP) is 3.86. The van der Waals surface area contributed by atoms with E-state index in [0.29, 0.717) is 5.41 Å². The van der Waals surface area contributed by atoms with Gasteiger partial charge in [-0.2, -0.15) is 0 Å². The molecule has 0 radical (unpaired) electrons. The second kappa shape index (κ2) is 3.16. The number of rotatable bonds is 0. The van der Waals surface area contributed by atoms with Gasteiger partial charge in [0.2, 0.25) is 0 Å². The lowest BCUT2D eigenvalue weighted by Crippen LogP contribution is -2.29. The van der Waals surface area contributed by atoms with Crippen LogP contribution in [0.3, 0.4) is 0 Å². The van der Waals surface area contributed by atoms with Crippen LogP contribution in [-0.4, -0.2) is 0 Å². The maximum atomic E-state index is 2.43. The molecule has 11 heavy (non-hydrogen) atoms. The Labute approximate surface area is 71.4 Å². The molecule has 0 nitrogen and oxygen atoms in total. The van der Waals surface area contributed by atoms with Gasteiger partial charge >= 0.3 is 0 Å². The molecule has 1 saturated carbocycles. The van der Waals surface area contributed by atoms with Crippen LogP contribution in [0.1, 0.15) is 53.4 Å². The van der Waals surface area contributed by atoms with Crippen LogP contribution < -0.4 is 0 Å². The maximum Gasteiger partial charge on any atom is -0.0340 e. The standard InChI is InChI=1S/C11H22/c1-9-7-5-6-8-10(9)11(2,3)4/h9-10H,5-8H2,1-4H3/t9-,10?/m0/s1. The zero-order valence-corrected chi connectivity index (χ0v) is 8.48. The van der Waals surface area contributed by atoms with Crippen molar-refractivity contribution in [3.63, 3.8) is 0 Å². The molecule has 1 aliphatic carbocycles. The van der Waals surface area contributed by atoms with Gasteiger partial charge in [-0.25, -0.2) is 0 Å². The average Bonchev–Trinajstić information content (AvgIpc) is 1.86. The molecule has 1 fully saturated rings. The fourth-order valence-corrected chi connectivity index (χ4v) is 2.60. The van der Waals surface area contributed by atoms with Crippen molar-refractivity contribution in [1.82, 2.24) is 0 Å². The minimum absolute atomic E-state index is 0.542. The molecule has 0 heterocycles. The van der Waals surface area contributed by atoms with Gasteiger partial charge in [-0.1, -0.05) is 47.0 Å². The second-order valence-electron chi connectivity index (χ2n) is 5.23. The third-order valence-electron chi connectivity index (χ3n) is 3.22. The Balaban J connectivity index is 2.55. The van der Waals surface area contributed by atoms with Gasteiger partial charge in [-0.05, 0) is 23.7 Å². The van der Waals surface area contributed by atoms with Crippen LogP contribution in [0.5, 0.6) is 0 Å². The van der Waals surface area contributed by atoms with Crippen LogP contribution in [0.15, 0.2) is 0 Å². The van der Waals surface area contributed by atoms with E-state index < -0.39 is 0 Å². The minimum atomic E-state index is 0.542. The molecular formula is C11H22. The van der Waals surface area contributed by atoms with E-state index in [4.69, 9.17) is 0 Å². The molecule has 0 N–H and O–H groups in total. The molecule has 0 aromatic heterocycles. The van der Waals surface area contributed by atoms with Gasteiger partial charge < -0.3 is 0 Å². The summed E-state index contributed by atoms with van der Waals surface area (Å²) < 4.78 is 0. The highest BCUT2D eigenvalue weighted by Crippen LogP contribution is 2.41. The lowest BCUT2D eigenvalue weighted by Gasteiger charge is -2.38. The van der Waals surface area contributed by atoms with E-state index >= 15 is 0 Å². The van der Waals surface area contributed by atoms with Gasteiger partial charge in [0.15, 0.2) is 0 Å². The van der Waals surface area contributed by atoms with Crippen molar-refractivity contribution in [3.8, 4) is 0 Å². The fourth-order valence-electron chi connectivity index (χ4n) is 2.60. The van der Waals surface area contributed by atoms with E-state index in [9.17, 15) is 0 Å². The summed E-state index contributed by atoms with van der Waals surface area (Å²) in [5, 5.41) is 0. The predicted molar refractivity (Wildman–Crippen MR) is 50.6 cm³/mol. The molecule has 0 aromatic carbocycles. The zero-order chi connectivity index (χ0) is 8.48. The highest BCUT2D eigenvalue weighted by atomic mass is 14.4. The number of hydrogen-bond acceptors (Lipinski definition) is 0. The molecule has 1 unspecified atom stereocenters. The van der Waals surface area contributed by atoms with Crippen molar-refractivity contribution in [2.75, 3.05) is 0 Å². The molecule has 1 rings (SSSR count). The smallest absolute Gasteiger partial charge is 0.0340 e. The minimum Gasteiger partial charge on any atom is -0.0622 e. The van der Waals surface area contributed by atoms with E-state index in [1.54, 1.807) is 0 Å². The fraction of sp³-hybridized carbons (Fsp3) is 1.00. The summed E-state index contributed by atoms with van der Waals surface area (Å²) in [4.78, 5) is 0. The van der Waals surface area contributed by atoms with Gasteiger partial charge in [0.25, 0.3) is 0 Å². The summed E-state index contributed by atoms with van der Waals surface area (Å²) in [5.74, 6) is 1.93. The van der Waals surface area contributed by atoms with Crippen molar-refractivity contribution in [2.24, 2.45) is 17.3 Å².